The predicted molar refractivity (Wildman–Crippen MR) is 77.1 cm³/mol. The number of hydrogen-bond donors (Lipinski definition) is 4. The van der Waals surface area contributed by atoms with E-state index in [1.54, 1.807) is 0 Å². The van der Waals surface area contributed by atoms with Gasteiger partial charge in [-0.1, -0.05) is 29.3 Å². The molecule has 0 aromatic heterocycles. The van der Waals surface area contributed by atoms with Crippen molar-refractivity contribution in [1.82, 2.24) is 10.2 Å². The van der Waals surface area contributed by atoms with Crippen molar-refractivity contribution >= 4 is 33.6 Å². The zero-order chi connectivity index (χ0) is 15.5. The van der Waals surface area contributed by atoms with Gasteiger partial charge in [-0.3, -0.25) is 19.3 Å². The quantitative estimate of drug-likeness (QED) is 0.565. The normalized spacial score (nSPS) is 23.3. The molecule has 10 heteroatoms. The monoisotopic (exact) mass is 343 g/mol. The zero-order valence-corrected chi connectivity index (χ0v) is 12.8. The first-order valence-corrected chi connectivity index (χ1v) is 7.61. The Morgan fingerprint density at radius 3 is 2.15 bits per heavy atom. The second-order valence-electron chi connectivity index (χ2n) is 4.12. The zero-order valence-electron chi connectivity index (χ0n) is 10.5. The highest BCUT2D eigenvalue weighted by atomic mass is 35.5. The van der Waals surface area contributed by atoms with Crippen LogP contribution in [0.3, 0.4) is 0 Å². The molecule has 2 rings (SSSR count). The van der Waals surface area contributed by atoms with E-state index in [4.69, 9.17) is 46.5 Å². The van der Waals surface area contributed by atoms with Crippen LogP contribution in [0.1, 0.15) is 11.6 Å². The number of benzene rings is 1. The molecule has 5 N–H and O–H groups in total. The lowest BCUT2D eigenvalue weighted by atomic mass is 10.1. The molecule has 7 nitrogen and oxygen atoms in total. The lowest BCUT2D eigenvalue weighted by Gasteiger charge is -2.23. The lowest BCUT2D eigenvalue weighted by molar-refractivity contribution is 0.243. The first-order valence-electron chi connectivity index (χ1n) is 5.46. The summed E-state index contributed by atoms with van der Waals surface area (Å²) in [6.45, 7) is 0.765. The summed E-state index contributed by atoms with van der Waals surface area (Å²) < 4.78 is 31.6. The van der Waals surface area contributed by atoms with Crippen LogP contribution in [0.5, 0.6) is 0 Å². The van der Waals surface area contributed by atoms with E-state index in [-0.39, 0.29) is 12.3 Å². The minimum absolute atomic E-state index is 0.137. The van der Waals surface area contributed by atoms with Crippen LogP contribution >= 0.6 is 23.2 Å². The maximum Gasteiger partial charge on any atom is 0.394 e. The van der Waals surface area contributed by atoms with Crippen molar-refractivity contribution in [1.29, 1.82) is 0 Å². The molecule has 2 atom stereocenters. The Balaban J connectivity index is 0.000000347. The molecular formula is C10H15Cl2N3O4S. The Kier molecular flexibility index (Phi) is 6.17. The highest BCUT2D eigenvalue weighted by Gasteiger charge is 2.31. The van der Waals surface area contributed by atoms with Gasteiger partial charge in [0, 0.05) is 22.2 Å². The van der Waals surface area contributed by atoms with Crippen molar-refractivity contribution in [2.75, 3.05) is 13.6 Å². The second kappa shape index (κ2) is 7.01. The number of rotatable bonds is 1. The third-order valence-electron chi connectivity index (χ3n) is 2.78. The van der Waals surface area contributed by atoms with Crippen LogP contribution in [-0.4, -0.2) is 42.3 Å². The van der Waals surface area contributed by atoms with E-state index < -0.39 is 10.4 Å². The standard InChI is InChI=1S/C10H13Cl2N3.H2O4S/c1-15-8(5-14-10(15)13)9-6(11)3-2-4-7(9)12;1-5(2,3)4/h2-4,8,10,14H,5,13H2,1H3;(H2,1,2,3,4). The molecule has 0 bridgehead atoms. The molecule has 1 saturated heterocycles. The summed E-state index contributed by atoms with van der Waals surface area (Å²) in [5.74, 6) is 0. The Bertz CT molecular complexity index is 541. The van der Waals surface area contributed by atoms with Crippen molar-refractivity contribution in [2.24, 2.45) is 5.73 Å². The fourth-order valence-corrected chi connectivity index (χ4v) is 2.50. The van der Waals surface area contributed by atoms with E-state index >= 15 is 0 Å². The van der Waals surface area contributed by atoms with Gasteiger partial charge in [-0.15, -0.1) is 0 Å². The summed E-state index contributed by atoms with van der Waals surface area (Å²) in [4.78, 5) is 2.02. The van der Waals surface area contributed by atoms with Crippen molar-refractivity contribution in [3.63, 3.8) is 0 Å². The van der Waals surface area contributed by atoms with E-state index in [1.165, 1.54) is 0 Å². The lowest BCUT2D eigenvalue weighted by Crippen LogP contribution is -2.41. The number of nitrogens with zero attached hydrogens (tertiary/aromatic N) is 1. The van der Waals surface area contributed by atoms with Gasteiger partial charge in [0.1, 0.15) is 6.29 Å². The average molecular weight is 344 g/mol. The van der Waals surface area contributed by atoms with Crippen molar-refractivity contribution < 1.29 is 17.5 Å². The van der Waals surface area contributed by atoms with Crippen molar-refractivity contribution in [3.8, 4) is 0 Å². The van der Waals surface area contributed by atoms with Crippen molar-refractivity contribution in [2.45, 2.75) is 12.3 Å². The van der Waals surface area contributed by atoms with Crippen LogP contribution < -0.4 is 11.1 Å². The summed E-state index contributed by atoms with van der Waals surface area (Å²) >= 11 is 12.3. The van der Waals surface area contributed by atoms with E-state index in [9.17, 15) is 0 Å². The van der Waals surface area contributed by atoms with Crippen LogP contribution in [-0.2, 0) is 10.4 Å². The molecule has 0 saturated carbocycles. The summed E-state index contributed by atoms with van der Waals surface area (Å²) in [6.07, 6.45) is -0.137. The predicted octanol–water partition coefficient (Wildman–Crippen LogP) is 1.16. The summed E-state index contributed by atoms with van der Waals surface area (Å²) in [7, 11) is -2.71. The molecule has 0 radical (unpaired) electrons. The fraction of sp³-hybridized carbons (Fsp3) is 0.400. The van der Waals surface area contributed by atoms with Crippen LogP contribution in [0.2, 0.25) is 10.0 Å². The maximum absolute atomic E-state index is 8.74. The molecule has 2 unspecified atom stereocenters. The number of halogens is 2. The first kappa shape index (κ1) is 17.6. The Hall–Kier alpha value is -0.450. The number of hydrogen-bond acceptors (Lipinski definition) is 5. The van der Waals surface area contributed by atoms with Gasteiger partial charge in [-0.05, 0) is 19.2 Å². The molecule has 0 spiro atoms. The third-order valence-corrected chi connectivity index (χ3v) is 3.44. The summed E-state index contributed by atoms with van der Waals surface area (Å²) in [5, 5.41) is 4.54. The smallest absolute Gasteiger partial charge is 0.303 e. The highest BCUT2D eigenvalue weighted by molar-refractivity contribution is 7.79. The van der Waals surface area contributed by atoms with E-state index in [0.717, 1.165) is 12.1 Å². The molecule has 1 fully saturated rings. The Labute approximate surface area is 127 Å². The fourth-order valence-electron chi connectivity index (χ4n) is 1.85. The van der Waals surface area contributed by atoms with Crippen LogP contribution in [0.15, 0.2) is 18.2 Å². The topological polar surface area (TPSA) is 116 Å². The van der Waals surface area contributed by atoms with Gasteiger partial charge in [0.15, 0.2) is 0 Å². The van der Waals surface area contributed by atoms with E-state index in [0.29, 0.717) is 10.0 Å². The van der Waals surface area contributed by atoms with Gasteiger partial charge < -0.3 is 5.73 Å². The van der Waals surface area contributed by atoms with Gasteiger partial charge in [0.05, 0.1) is 6.04 Å². The van der Waals surface area contributed by atoms with Gasteiger partial charge in [-0.2, -0.15) is 8.42 Å². The SMILES string of the molecule is CN1C(N)NCC1c1c(Cl)cccc1Cl.O=S(=O)(O)O. The van der Waals surface area contributed by atoms with Crippen LogP contribution in [0.25, 0.3) is 0 Å². The van der Waals surface area contributed by atoms with Gasteiger partial charge in [0.2, 0.25) is 0 Å². The summed E-state index contributed by atoms with van der Waals surface area (Å²) in [6, 6.07) is 5.68. The molecule has 0 amide bonds. The maximum atomic E-state index is 8.74. The molecule has 1 heterocycles. The second-order valence-corrected chi connectivity index (χ2v) is 5.83. The Morgan fingerprint density at radius 2 is 1.80 bits per heavy atom. The van der Waals surface area contributed by atoms with Gasteiger partial charge in [0.25, 0.3) is 0 Å². The largest absolute Gasteiger partial charge is 0.394 e. The number of nitrogens with one attached hydrogen (secondary N) is 1. The molecule has 1 aliphatic rings. The molecular weight excluding hydrogens is 329 g/mol. The Morgan fingerprint density at radius 1 is 1.35 bits per heavy atom. The van der Waals surface area contributed by atoms with Gasteiger partial charge >= 0.3 is 10.4 Å². The molecule has 1 aliphatic heterocycles. The van der Waals surface area contributed by atoms with Crippen LogP contribution in [0, 0.1) is 0 Å². The molecule has 1 aromatic carbocycles. The molecule has 1 aromatic rings. The third kappa shape index (κ3) is 5.15. The molecule has 0 aliphatic carbocycles. The van der Waals surface area contributed by atoms with E-state index in [1.807, 2.05) is 30.1 Å². The highest BCUT2D eigenvalue weighted by Crippen LogP contribution is 2.34. The number of nitrogens with two attached hydrogens (primary N) is 1. The van der Waals surface area contributed by atoms with Crippen LogP contribution in [0.4, 0.5) is 0 Å². The average Bonchev–Trinajstić information content (AvgIpc) is 2.59. The summed E-state index contributed by atoms with van der Waals surface area (Å²) in [5.41, 5.74) is 6.78. The van der Waals surface area contributed by atoms with E-state index in [2.05, 4.69) is 5.32 Å². The number of likely N-dealkylation sites (N-methyl/N-ethyl adjacent to an activating group) is 1. The van der Waals surface area contributed by atoms with Gasteiger partial charge in [-0.25, -0.2) is 0 Å². The molecule has 114 valence electrons. The van der Waals surface area contributed by atoms with Crippen molar-refractivity contribution in [3.05, 3.63) is 33.8 Å². The minimum Gasteiger partial charge on any atom is -0.303 e. The minimum atomic E-state index is -4.67. The molecule has 20 heavy (non-hydrogen) atoms. The first-order chi connectivity index (χ1) is 9.11.